The predicted molar refractivity (Wildman–Crippen MR) is 77.5 cm³/mol. The number of hydrogen-bond donors (Lipinski definition) is 0. The van der Waals surface area contributed by atoms with Crippen molar-refractivity contribution in [2.45, 2.75) is 18.7 Å². The summed E-state index contributed by atoms with van der Waals surface area (Å²) in [6, 6.07) is 10.2. The second-order valence-electron chi connectivity index (χ2n) is 4.39. The maximum absolute atomic E-state index is 14.0. The minimum Gasteiger partial charge on any atom is -0.207 e. The van der Waals surface area contributed by atoms with E-state index in [4.69, 9.17) is 11.6 Å². The highest BCUT2D eigenvalue weighted by atomic mass is 79.9. The molecule has 0 fully saturated rings. The number of halogens is 4. The molecule has 2 aromatic rings. The van der Waals surface area contributed by atoms with Crippen LogP contribution in [0.25, 0.3) is 0 Å². The number of hydrogen-bond acceptors (Lipinski definition) is 0. The molecule has 2 aromatic carbocycles. The fourth-order valence-corrected chi connectivity index (χ4v) is 2.76. The van der Waals surface area contributed by atoms with Crippen molar-refractivity contribution in [3.8, 4) is 0 Å². The smallest absolute Gasteiger partial charge is 0.133 e. The van der Waals surface area contributed by atoms with E-state index >= 15 is 0 Å². The van der Waals surface area contributed by atoms with Crippen LogP contribution in [-0.2, 0) is 6.42 Å². The Bertz CT molecular complexity index is 599. The van der Waals surface area contributed by atoms with Crippen molar-refractivity contribution in [1.82, 2.24) is 0 Å². The second kappa shape index (κ2) is 6.02. The lowest BCUT2D eigenvalue weighted by molar-refractivity contribution is 0.545. The third-order valence-corrected chi connectivity index (χ3v) is 3.80. The minimum absolute atomic E-state index is 0.0540. The molecule has 0 spiro atoms. The fraction of sp³-hybridized carbons (Fsp3) is 0.200. The Labute approximate surface area is 124 Å². The fourth-order valence-electron chi connectivity index (χ4n) is 1.94. The van der Waals surface area contributed by atoms with Gasteiger partial charge in [-0.3, -0.25) is 0 Å². The monoisotopic (exact) mass is 344 g/mol. The Morgan fingerprint density at radius 2 is 1.95 bits per heavy atom. The van der Waals surface area contributed by atoms with Gasteiger partial charge in [0.05, 0.1) is 5.38 Å². The van der Waals surface area contributed by atoms with E-state index in [9.17, 15) is 8.78 Å². The molecule has 19 heavy (non-hydrogen) atoms. The Morgan fingerprint density at radius 3 is 2.63 bits per heavy atom. The van der Waals surface area contributed by atoms with Crippen molar-refractivity contribution in [3.05, 3.63) is 69.2 Å². The average molecular weight is 346 g/mol. The first-order valence-corrected chi connectivity index (χ1v) is 7.05. The van der Waals surface area contributed by atoms with Crippen LogP contribution in [0.1, 0.15) is 22.1 Å². The van der Waals surface area contributed by atoms with Gasteiger partial charge in [0.1, 0.15) is 11.6 Å². The zero-order chi connectivity index (χ0) is 14.0. The molecule has 0 amide bonds. The van der Waals surface area contributed by atoms with Crippen LogP contribution >= 0.6 is 27.5 Å². The average Bonchev–Trinajstić information content (AvgIpc) is 2.34. The lowest BCUT2D eigenvalue weighted by Gasteiger charge is -2.13. The highest BCUT2D eigenvalue weighted by Gasteiger charge is 2.20. The first kappa shape index (κ1) is 14.5. The molecule has 0 aliphatic heterocycles. The molecule has 0 N–H and O–H groups in total. The van der Waals surface area contributed by atoms with E-state index in [-0.39, 0.29) is 5.56 Å². The molecule has 0 bridgehead atoms. The van der Waals surface area contributed by atoms with Gasteiger partial charge in [0.25, 0.3) is 0 Å². The van der Waals surface area contributed by atoms with E-state index in [1.807, 2.05) is 24.3 Å². The van der Waals surface area contributed by atoms with Crippen LogP contribution in [-0.4, -0.2) is 0 Å². The summed E-state index contributed by atoms with van der Waals surface area (Å²) >= 11 is 9.54. The summed E-state index contributed by atoms with van der Waals surface area (Å²) < 4.78 is 28.6. The normalized spacial score (nSPS) is 12.5. The Hall–Kier alpha value is -0.930. The summed E-state index contributed by atoms with van der Waals surface area (Å²) in [5, 5.41) is -0.728. The number of aryl methyl sites for hydroxylation is 1. The Kier molecular flexibility index (Phi) is 4.58. The molecule has 0 radical (unpaired) electrons. The van der Waals surface area contributed by atoms with Crippen molar-refractivity contribution in [1.29, 1.82) is 0 Å². The highest BCUT2D eigenvalue weighted by molar-refractivity contribution is 9.10. The van der Waals surface area contributed by atoms with E-state index in [0.29, 0.717) is 12.0 Å². The predicted octanol–water partition coefficient (Wildman–Crippen LogP) is 5.56. The third-order valence-electron chi connectivity index (χ3n) is 2.94. The van der Waals surface area contributed by atoms with Gasteiger partial charge in [-0.1, -0.05) is 34.1 Å². The van der Waals surface area contributed by atoms with E-state index in [1.165, 1.54) is 12.1 Å². The summed E-state index contributed by atoms with van der Waals surface area (Å²) in [6.07, 6.45) is 0.373. The van der Waals surface area contributed by atoms with E-state index in [1.54, 1.807) is 6.92 Å². The zero-order valence-corrected chi connectivity index (χ0v) is 12.6. The van der Waals surface area contributed by atoms with Gasteiger partial charge < -0.3 is 0 Å². The summed E-state index contributed by atoms with van der Waals surface area (Å²) in [5.41, 5.74) is 1.27. The topological polar surface area (TPSA) is 0 Å². The van der Waals surface area contributed by atoms with E-state index in [0.717, 1.165) is 10.0 Å². The molecule has 1 atom stereocenters. The highest BCUT2D eigenvalue weighted by Crippen LogP contribution is 2.31. The van der Waals surface area contributed by atoms with Crippen LogP contribution < -0.4 is 0 Å². The summed E-state index contributed by atoms with van der Waals surface area (Å²) in [5.74, 6) is -1.16. The van der Waals surface area contributed by atoms with Crippen molar-refractivity contribution < 1.29 is 8.78 Å². The molecule has 1 unspecified atom stereocenters. The quantitative estimate of drug-likeness (QED) is 0.639. The molecule has 100 valence electrons. The van der Waals surface area contributed by atoms with Gasteiger partial charge in [-0.15, -0.1) is 11.6 Å². The summed E-state index contributed by atoms with van der Waals surface area (Å²) in [4.78, 5) is 0. The number of rotatable bonds is 3. The maximum atomic E-state index is 14.0. The van der Waals surface area contributed by atoms with Crippen LogP contribution in [0.5, 0.6) is 0 Å². The molecule has 0 aromatic heterocycles. The molecule has 0 nitrogen and oxygen atoms in total. The molecule has 0 aliphatic carbocycles. The second-order valence-corrected chi connectivity index (χ2v) is 5.84. The van der Waals surface area contributed by atoms with Crippen LogP contribution in [0.4, 0.5) is 8.78 Å². The van der Waals surface area contributed by atoms with Crippen molar-refractivity contribution >= 4 is 27.5 Å². The molecular weight excluding hydrogens is 334 g/mol. The van der Waals surface area contributed by atoms with Gasteiger partial charge in [0.2, 0.25) is 0 Å². The zero-order valence-electron chi connectivity index (χ0n) is 10.3. The first-order valence-electron chi connectivity index (χ1n) is 5.82. The molecule has 0 saturated heterocycles. The number of benzene rings is 2. The van der Waals surface area contributed by atoms with Crippen LogP contribution in [0.15, 0.2) is 40.9 Å². The summed E-state index contributed by atoms with van der Waals surface area (Å²) in [7, 11) is 0. The molecular formula is C15H12BrClF2. The van der Waals surface area contributed by atoms with Crippen molar-refractivity contribution in [2.75, 3.05) is 0 Å². The van der Waals surface area contributed by atoms with Gasteiger partial charge >= 0.3 is 0 Å². The SMILES string of the molecule is Cc1ccc(F)c(C(Cl)Cc2cccc(Br)c2)c1F. The van der Waals surface area contributed by atoms with E-state index in [2.05, 4.69) is 15.9 Å². The van der Waals surface area contributed by atoms with Crippen molar-refractivity contribution in [2.24, 2.45) is 0 Å². The van der Waals surface area contributed by atoms with Crippen LogP contribution in [0.2, 0.25) is 0 Å². The lowest BCUT2D eigenvalue weighted by Crippen LogP contribution is -2.04. The van der Waals surface area contributed by atoms with Gasteiger partial charge in [-0.05, 0) is 42.7 Å². The largest absolute Gasteiger partial charge is 0.207 e. The van der Waals surface area contributed by atoms with Gasteiger partial charge in [-0.2, -0.15) is 0 Å². The third kappa shape index (κ3) is 3.34. The van der Waals surface area contributed by atoms with Gasteiger partial charge in [0, 0.05) is 10.0 Å². The summed E-state index contributed by atoms with van der Waals surface area (Å²) in [6.45, 7) is 1.60. The maximum Gasteiger partial charge on any atom is 0.133 e. The molecule has 0 saturated carbocycles. The van der Waals surface area contributed by atoms with Crippen molar-refractivity contribution in [3.63, 3.8) is 0 Å². The molecule has 4 heteroatoms. The van der Waals surface area contributed by atoms with Crippen LogP contribution in [0.3, 0.4) is 0 Å². The Morgan fingerprint density at radius 1 is 1.21 bits per heavy atom. The minimum atomic E-state index is -0.728. The van der Waals surface area contributed by atoms with E-state index < -0.39 is 17.0 Å². The first-order chi connectivity index (χ1) is 8.99. The lowest BCUT2D eigenvalue weighted by atomic mass is 10.0. The Balaban J connectivity index is 2.30. The number of alkyl halides is 1. The van der Waals surface area contributed by atoms with Gasteiger partial charge in [-0.25, -0.2) is 8.78 Å². The molecule has 0 aliphatic rings. The van der Waals surface area contributed by atoms with Gasteiger partial charge in [0.15, 0.2) is 0 Å². The molecule has 0 heterocycles. The molecule has 2 rings (SSSR count). The van der Waals surface area contributed by atoms with Crippen LogP contribution in [0, 0.1) is 18.6 Å². The standard InChI is InChI=1S/C15H12BrClF2/c1-9-5-6-13(18)14(15(9)19)12(17)8-10-3-2-4-11(16)7-10/h2-7,12H,8H2,1H3.